The van der Waals surface area contributed by atoms with Crippen LogP contribution in [0.2, 0.25) is 0 Å². The number of alkyl halides is 3. The molecule has 13 heteroatoms. The smallest absolute Gasteiger partial charge is 0.433 e. The van der Waals surface area contributed by atoms with Crippen molar-refractivity contribution in [1.29, 1.82) is 0 Å². The summed E-state index contributed by atoms with van der Waals surface area (Å²) in [6.45, 7) is 1.68. The van der Waals surface area contributed by atoms with Crippen molar-refractivity contribution < 1.29 is 32.9 Å². The van der Waals surface area contributed by atoms with Gasteiger partial charge in [0.1, 0.15) is 16.3 Å². The number of thiazole rings is 1. The second-order valence-corrected chi connectivity index (χ2v) is 9.77. The molecule has 0 bridgehead atoms. The summed E-state index contributed by atoms with van der Waals surface area (Å²) in [5.41, 5.74) is -1.55. The fourth-order valence-corrected chi connectivity index (χ4v) is 5.22. The summed E-state index contributed by atoms with van der Waals surface area (Å²) in [6.07, 6.45) is 0.103. The number of ether oxygens (including phenoxy) is 1. The van der Waals surface area contributed by atoms with Gasteiger partial charge in [-0.15, -0.1) is 11.3 Å². The fraction of sp³-hybridized carbons (Fsp3) is 0.435. The van der Waals surface area contributed by atoms with E-state index in [0.717, 1.165) is 12.3 Å². The number of halogens is 3. The minimum atomic E-state index is -4.61. The molecule has 4 rings (SSSR count). The van der Waals surface area contributed by atoms with E-state index in [1.165, 1.54) is 24.5 Å². The number of aromatic nitrogens is 4. The number of anilines is 2. The molecule has 3 N–H and O–H groups in total. The van der Waals surface area contributed by atoms with E-state index in [-0.39, 0.29) is 17.7 Å². The zero-order chi connectivity index (χ0) is 26.1. The molecule has 0 aromatic carbocycles. The average molecular weight is 524 g/mol. The van der Waals surface area contributed by atoms with Crippen molar-refractivity contribution in [3.05, 3.63) is 41.3 Å². The van der Waals surface area contributed by atoms with Crippen LogP contribution in [0.3, 0.4) is 0 Å². The SMILES string of the molecule is COc1cc(Nc2nccc(C(F)(F)F)n2)cc(-c2cnc([C@@](C)(O)C3CCC(C(=O)O)CC3)s2)n1. The minimum Gasteiger partial charge on any atom is -0.481 e. The molecule has 192 valence electrons. The van der Waals surface area contributed by atoms with Crippen molar-refractivity contribution in [2.24, 2.45) is 11.8 Å². The minimum absolute atomic E-state index is 0.138. The van der Waals surface area contributed by atoms with Crippen LogP contribution in [0, 0.1) is 11.8 Å². The van der Waals surface area contributed by atoms with Crippen LogP contribution in [-0.4, -0.2) is 43.2 Å². The maximum absolute atomic E-state index is 13.0. The largest absolute Gasteiger partial charge is 0.481 e. The number of hydrogen-bond acceptors (Lipinski definition) is 9. The molecular weight excluding hydrogens is 499 g/mol. The monoisotopic (exact) mass is 523 g/mol. The second-order valence-electron chi connectivity index (χ2n) is 8.74. The first kappa shape index (κ1) is 25.8. The van der Waals surface area contributed by atoms with Gasteiger partial charge in [-0.05, 0) is 50.7 Å². The number of methoxy groups -OCH3 is 1. The number of nitrogens with zero attached hydrogens (tertiary/aromatic N) is 4. The molecular formula is C23H24F3N5O4S. The first-order chi connectivity index (χ1) is 17.0. The van der Waals surface area contributed by atoms with Gasteiger partial charge >= 0.3 is 12.1 Å². The molecule has 1 saturated carbocycles. The quantitative estimate of drug-likeness (QED) is 0.397. The summed E-state index contributed by atoms with van der Waals surface area (Å²) in [4.78, 5) is 28.0. The Labute approximate surface area is 208 Å². The van der Waals surface area contributed by atoms with Gasteiger partial charge in [-0.2, -0.15) is 13.2 Å². The van der Waals surface area contributed by atoms with Gasteiger partial charge in [0.05, 0.1) is 23.6 Å². The molecule has 3 aromatic heterocycles. The van der Waals surface area contributed by atoms with Crippen LogP contribution >= 0.6 is 11.3 Å². The molecule has 3 heterocycles. The second kappa shape index (κ2) is 9.97. The zero-order valence-corrected chi connectivity index (χ0v) is 20.2. The van der Waals surface area contributed by atoms with Gasteiger partial charge in [-0.3, -0.25) is 4.79 Å². The Bertz CT molecular complexity index is 1240. The molecule has 0 unspecified atom stereocenters. The molecule has 36 heavy (non-hydrogen) atoms. The van der Waals surface area contributed by atoms with Gasteiger partial charge in [-0.25, -0.2) is 19.9 Å². The number of aliphatic hydroxyl groups is 1. The molecule has 0 spiro atoms. The lowest BCUT2D eigenvalue weighted by molar-refractivity contribution is -0.144. The Kier molecular flexibility index (Phi) is 7.14. The lowest BCUT2D eigenvalue weighted by Gasteiger charge is -2.35. The van der Waals surface area contributed by atoms with Crippen molar-refractivity contribution in [3.63, 3.8) is 0 Å². The van der Waals surface area contributed by atoms with Crippen LogP contribution in [-0.2, 0) is 16.6 Å². The highest BCUT2D eigenvalue weighted by Crippen LogP contribution is 2.43. The van der Waals surface area contributed by atoms with Crippen LogP contribution in [0.5, 0.6) is 5.88 Å². The Morgan fingerprint density at radius 2 is 1.89 bits per heavy atom. The molecule has 3 aromatic rings. The Hall–Kier alpha value is -3.32. The maximum Gasteiger partial charge on any atom is 0.433 e. The number of carboxylic acids is 1. The first-order valence-electron chi connectivity index (χ1n) is 11.1. The summed E-state index contributed by atoms with van der Waals surface area (Å²) < 4.78 is 44.2. The molecule has 1 aliphatic carbocycles. The summed E-state index contributed by atoms with van der Waals surface area (Å²) in [6, 6.07) is 3.87. The van der Waals surface area contributed by atoms with Crippen LogP contribution in [0.4, 0.5) is 24.8 Å². The van der Waals surface area contributed by atoms with Crippen LogP contribution in [0.15, 0.2) is 30.6 Å². The summed E-state index contributed by atoms with van der Waals surface area (Å²) >= 11 is 1.23. The van der Waals surface area contributed by atoms with Crippen molar-refractivity contribution in [2.75, 3.05) is 12.4 Å². The molecule has 1 fully saturated rings. The van der Waals surface area contributed by atoms with E-state index in [0.29, 0.717) is 46.9 Å². The maximum atomic E-state index is 13.0. The first-order valence-corrected chi connectivity index (χ1v) is 11.9. The van der Waals surface area contributed by atoms with E-state index in [4.69, 9.17) is 4.74 Å². The highest BCUT2D eigenvalue weighted by Gasteiger charge is 2.40. The molecule has 0 aliphatic heterocycles. The van der Waals surface area contributed by atoms with Crippen molar-refractivity contribution in [3.8, 4) is 16.5 Å². The normalized spacial score (nSPS) is 19.9. The van der Waals surface area contributed by atoms with Crippen molar-refractivity contribution in [2.45, 2.75) is 44.4 Å². The summed E-state index contributed by atoms with van der Waals surface area (Å²) in [7, 11) is 1.41. The number of carboxylic acid groups (broad SMARTS) is 1. The number of rotatable bonds is 7. The van der Waals surface area contributed by atoms with Gasteiger partial charge in [0, 0.05) is 24.1 Å². The molecule has 0 radical (unpaired) electrons. The predicted molar refractivity (Wildman–Crippen MR) is 125 cm³/mol. The molecule has 1 atom stereocenters. The molecule has 0 saturated heterocycles. The number of pyridine rings is 1. The van der Waals surface area contributed by atoms with Gasteiger partial charge in [0.2, 0.25) is 11.8 Å². The number of carbonyl (C=O) groups is 1. The van der Waals surface area contributed by atoms with E-state index in [1.807, 2.05) is 0 Å². The van der Waals surface area contributed by atoms with Crippen molar-refractivity contribution >= 4 is 28.9 Å². The van der Waals surface area contributed by atoms with Gasteiger partial charge in [0.15, 0.2) is 0 Å². The Balaban J connectivity index is 1.57. The molecule has 9 nitrogen and oxygen atoms in total. The van der Waals surface area contributed by atoms with E-state index in [2.05, 4.69) is 25.3 Å². The number of aliphatic carboxylic acids is 1. The van der Waals surface area contributed by atoms with Gasteiger partial charge in [0.25, 0.3) is 0 Å². The van der Waals surface area contributed by atoms with E-state index >= 15 is 0 Å². The third-order valence-corrected chi connectivity index (χ3v) is 7.52. The van der Waals surface area contributed by atoms with E-state index < -0.39 is 29.4 Å². The predicted octanol–water partition coefficient (Wildman–Crippen LogP) is 4.86. The third-order valence-electron chi connectivity index (χ3n) is 6.28. The topological polar surface area (TPSA) is 130 Å². The average Bonchev–Trinajstić information content (AvgIpc) is 3.35. The highest BCUT2D eigenvalue weighted by atomic mass is 32.1. The van der Waals surface area contributed by atoms with Crippen molar-refractivity contribution in [1.82, 2.24) is 19.9 Å². The van der Waals surface area contributed by atoms with E-state index in [1.54, 1.807) is 19.2 Å². The highest BCUT2D eigenvalue weighted by molar-refractivity contribution is 7.15. The molecule has 0 amide bonds. The summed E-state index contributed by atoms with van der Waals surface area (Å²) in [5.74, 6) is -1.38. The lowest BCUT2D eigenvalue weighted by Crippen LogP contribution is -2.35. The van der Waals surface area contributed by atoms with Crippen LogP contribution in [0.1, 0.15) is 43.3 Å². The van der Waals surface area contributed by atoms with E-state index in [9.17, 15) is 28.2 Å². The van der Waals surface area contributed by atoms with Crippen LogP contribution in [0.25, 0.3) is 10.6 Å². The number of hydrogen-bond donors (Lipinski definition) is 3. The Morgan fingerprint density at radius 1 is 1.17 bits per heavy atom. The zero-order valence-electron chi connectivity index (χ0n) is 19.4. The van der Waals surface area contributed by atoms with Gasteiger partial charge in [-0.1, -0.05) is 0 Å². The standard InChI is InChI=1S/C23H24F3N5O4S/c1-22(34,13-5-3-12(4-6-13)19(32)33)20-28-11-16(36-20)15-9-14(10-18(30-15)35-2)29-21-27-8-7-17(31-21)23(24,25)26/h7-13,34H,3-6H2,1-2H3,(H,32,33)(H,27,29,30,31)/t12?,13?,22-/m0/s1. The van der Waals surface area contributed by atoms with Gasteiger partial charge < -0.3 is 20.3 Å². The fourth-order valence-electron chi connectivity index (χ4n) is 4.22. The third kappa shape index (κ3) is 5.57. The summed E-state index contributed by atoms with van der Waals surface area (Å²) in [5, 5.41) is 23.7. The van der Waals surface area contributed by atoms with Crippen LogP contribution < -0.4 is 10.1 Å². The number of nitrogens with one attached hydrogen (secondary N) is 1. The molecule has 1 aliphatic rings. The lowest BCUT2D eigenvalue weighted by atomic mass is 9.74. The Morgan fingerprint density at radius 3 is 2.53 bits per heavy atom.